The summed E-state index contributed by atoms with van der Waals surface area (Å²) >= 11 is 12.4. The molecule has 3 aromatic carbocycles. The fraction of sp³-hybridized carbons (Fsp3) is 0.120. The average Bonchev–Trinajstić information content (AvgIpc) is 3.04. The lowest BCUT2D eigenvalue weighted by atomic mass is 9.94. The van der Waals surface area contributed by atoms with Gasteiger partial charge in [0.15, 0.2) is 0 Å². The molecule has 4 rings (SSSR count). The van der Waals surface area contributed by atoms with Gasteiger partial charge in [-0.2, -0.15) is 0 Å². The highest BCUT2D eigenvalue weighted by Crippen LogP contribution is 2.45. The Morgan fingerprint density at radius 3 is 2.36 bits per heavy atom. The number of carbonyl (C=O) groups is 2. The molecule has 168 valence electrons. The number of amides is 1. The van der Waals surface area contributed by atoms with Gasteiger partial charge in [-0.1, -0.05) is 53.5 Å². The molecule has 1 unspecified atom stereocenters. The van der Waals surface area contributed by atoms with Crippen molar-refractivity contribution in [1.29, 1.82) is 0 Å². The van der Waals surface area contributed by atoms with Crippen molar-refractivity contribution >= 4 is 46.3 Å². The van der Waals surface area contributed by atoms with Crippen molar-refractivity contribution in [3.05, 3.63) is 98.8 Å². The molecule has 33 heavy (non-hydrogen) atoms. The van der Waals surface area contributed by atoms with Gasteiger partial charge in [-0.15, -0.1) is 0 Å². The molecule has 1 atom stereocenters. The summed E-state index contributed by atoms with van der Waals surface area (Å²) in [6.45, 7) is 1.80. The van der Waals surface area contributed by atoms with E-state index in [9.17, 15) is 19.1 Å². The molecule has 1 amide bonds. The Hall–Kier alpha value is -3.35. The number of Topliss-reactive ketones (excluding diaryl/α,β-unsaturated/α-hetero) is 1. The van der Waals surface area contributed by atoms with E-state index in [2.05, 4.69) is 0 Å². The molecule has 1 aliphatic heterocycles. The Bertz CT molecular complexity index is 1300. The largest absolute Gasteiger partial charge is 0.507 e. The number of ether oxygens (including phenoxy) is 1. The van der Waals surface area contributed by atoms with E-state index in [1.165, 1.54) is 48.4 Å². The number of aliphatic hydroxyl groups is 1. The number of benzene rings is 3. The van der Waals surface area contributed by atoms with Crippen LogP contribution in [0.25, 0.3) is 5.76 Å². The van der Waals surface area contributed by atoms with Gasteiger partial charge in [0.25, 0.3) is 11.7 Å². The van der Waals surface area contributed by atoms with E-state index < -0.39 is 29.3 Å². The third-order valence-electron chi connectivity index (χ3n) is 5.47. The number of methoxy groups -OCH3 is 1. The van der Waals surface area contributed by atoms with Crippen molar-refractivity contribution in [3.63, 3.8) is 0 Å². The number of aliphatic hydroxyl groups excluding tert-OH is 1. The normalized spacial score (nSPS) is 17.5. The van der Waals surface area contributed by atoms with Gasteiger partial charge in [0, 0.05) is 10.7 Å². The third kappa shape index (κ3) is 3.96. The lowest BCUT2D eigenvalue weighted by molar-refractivity contribution is -0.132. The zero-order chi connectivity index (χ0) is 23.9. The number of aryl methyl sites for hydroxylation is 1. The van der Waals surface area contributed by atoms with Crippen LogP contribution < -0.4 is 9.64 Å². The van der Waals surface area contributed by atoms with Crippen LogP contribution in [-0.2, 0) is 9.59 Å². The number of carbonyl (C=O) groups excluding carboxylic acids is 2. The summed E-state index contributed by atoms with van der Waals surface area (Å²) < 4.78 is 19.0. The summed E-state index contributed by atoms with van der Waals surface area (Å²) in [6.07, 6.45) is 0. The van der Waals surface area contributed by atoms with E-state index in [0.717, 1.165) is 5.56 Å². The highest BCUT2D eigenvalue weighted by atomic mass is 35.5. The smallest absolute Gasteiger partial charge is 0.300 e. The summed E-state index contributed by atoms with van der Waals surface area (Å²) in [5, 5.41) is 11.6. The van der Waals surface area contributed by atoms with Crippen molar-refractivity contribution in [2.24, 2.45) is 0 Å². The van der Waals surface area contributed by atoms with E-state index in [1.807, 2.05) is 0 Å². The molecule has 1 fully saturated rings. The second-order valence-corrected chi connectivity index (χ2v) is 8.32. The van der Waals surface area contributed by atoms with Crippen LogP contribution in [0, 0.1) is 12.7 Å². The first-order valence-electron chi connectivity index (χ1n) is 9.90. The summed E-state index contributed by atoms with van der Waals surface area (Å²) in [6, 6.07) is 14.2. The summed E-state index contributed by atoms with van der Waals surface area (Å²) in [5.74, 6) is -2.61. The molecular weight excluding hydrogens is 468 g/mol. The minimum atomic E-state index is -1.02. The maximum atomic E-state index is 13.7. The van der Waals surface area contributed by atoms with Crippen molar-refractivity contribution in [1.82, 2.24) is 0 Å². The predicted octanol–water partition coefficient (Wildman–Crippen LogP) is 6.08. The van der Waals surface area contributed by atoms with Gasteiger partial charge in [-0.25, -0.2) is 4.39 Å². The van der Waals surface area contributed by atoms with Crippen LogP contribution in [0.5, 0.6) is 5.75 Å². The molecule has 0 radical (unpaired) electrons. The minimum Gasteiger partial charge on any atom is -0.507 e. The van der Waals surface area contributed by atoms with Crippen LogP contribution in [0.1, 0.15) is 22.7 Å². The van der Waals surface area contributed by atoms with Gasteiger partial charge in [-0.05, 0) is 48.4 Å². The molecule has 0 spiro atoms. The molecule has 8 heteroatoms. The standard InChI is InChI=1S/C25H18Cl2FNO4/c1-13-5-3-4-6-19(13)29-21(14-7-9-16(28)10-8-14)20(23(31)25(29)32)22(30)17-11-15(26)12-18(27)24(17)33-2/h3-12,21,30H,1-2H3/b22-20+. The van der Waals surface area contributed by atoms with E-state index in [-0.39, 0.29) is 26.9 Å². The Kier molecular flexibility index (Phi) is 6.15. The van der Waals surface area contributed by atoms with Crippen molar-refractivity contribution < 1.29 is 23.8 Å². The average molecular weight is 486 g/mol. The molecule has 0 aromatic heterocycles. The minimum absolute atomic E-state index is 0.0601. The summed E-state index contributed by atoms with van der Waals surface area (Å²) in [4.78, 5) is 27.8. The van der Waals surface area contributed by atoms with Crippen molar-refractivity contribution in [3.8, 4) is 5.75 Å². The number of nitrogens with zero attached hydrogens (tertiary/aromatic N) is 1. The number of para-hydroxylation sites is 1. The Labute approximate surface area is 199 Å². The highest BCUT2D eigenvalue weighted by molar-refractivity contribution is 6.52. The Morgan fingerprint density at radius 1 is 1.06 bits per heavy atom. The number of ketones is 1. The van der Waals surface area contributed by atoms with E-state index in [1.54, 1.807) is 31.2 Å². The number of hydrogen-bond donors (Lipinski definition) is 1. The second kappa shape index (κ2) is 8.89. The molecule has 3 aromatic rings. The first-order chi connectivity index (χ1) is 15.7. The number of rotatable bonds is 4. The Morgan fingerprint density at radius 2 is 1.73 bits per heavy atom. The first kappa shape index (κ1) is 22.8. The van der Waals surface area contributed by atoms with Gasteiger partial charge in [0.2, 0.25) is 0 Å². The monoisotopic (exact) mass is 485 g/mol. The second-order valence-electron chi connectivity index (χ2n) is 7.48. The molecule has 1 aliphatic rings. The lowest BCUT2D eigenvalue weighted by Crippen LogP contribution is -2.30. The molecule has 5 nitrogen and oxygen atoms in total. The molecule has 0 saturated carbocycles. The van der Waals surface area contributed by atoms with Crippen LogP contribution in [0.4, 0.5) is 10.1 Å². The van der Waals surface area contributed by atoms with Gasteiger partial charge in [0.1, 0.15) is 17.3 Å². The number of halogens is 3. The lowest BCUT2D eigenvalue weighted by Gasteiger charge is -2.27. The fourth-order valence-electron chi connectivity index (χ4n) is 3.96. The fourth-order valence-corrected chi connectivity index (χ4v) is 4.53. The topological polar surface area (TPSA) is 66.8 Å². The number of anilines is 1. The predicted molar refractivity (Wildman–Crippen MR) is 125 cm³/mol. The van der Waals surface area contributed by atoms with Gasteiger partial charge >= 0.3 is 0 Å². The first-order valence-corrected chi connectivity index (χ1v) is 10.7. The molecule has 0 bridgehead atoms. The van der Waals surface area contributed by atoms with Crippen LogP contribution in [0.15, 0.2) is 66.2 Å². The van der Waals surface area contributed by atoms with Gasteiger partial charge < -0.3 is 9.84 Å². The van der Waals surface area contributed by atoms with Gasteiger partial charge in [0.05, 0.1) is 29.3 Å². The third-order valence-corrected chi connectivity index (χ3v) is 5.97. The molecule has 0 aliphatic carbocycles. The van der Waals surface area contributed by atoms with E-state index in [4.69, 9.17) is 27.9 Å². The zero-order valence-corrected chi connectivity index (χ0v) is 19.1. The summed E-state index contributed by atoms with van der Waals surface area (Å²) in [7, 11) is 1.36. The maximum absolute atomic E-state index is 13.7. The molecular formula is C25H18Cl2FNO4. The van der Waals surface area contributed by atoms with Crippen molar-refractivity contribution in [2.45, 2.75) is 13.0 Å². The molecule has 1 heterocycles. The van der Waals surface area contributed by atoms with Crippen molar-refractivity contribution in [2.75, 3.05) is 12.0 Å². The Balaban J connectivity index is 2.03. The van der Waals surface area contributed by atoms with E-state index in [0.29, 0.717) is 11.3 Å². The van der Waals surface area contributed by atoms with Crippen LogP contribution >= 0.6 is 23.2 Å². The maximum Gasteiger partial charge on any atom is 0.300 e. The molecule has 1 saturated heterocycles. The van der Waals surface area contributed by atoms with Gasteiger partial charge in [-0.3, -0.25) is 14.5 Å². The van der Waals surface area contributed by atoms with Crippen LogP contribution in [0.2, 0.25) is 10.0 Å². The zero-order valence-electron chi connectivity index (χ0n) is 17.6. The van der Waals surface area contributed by atoms with Crippen LogP contribution in [-0.4, -0.2) is 23.9 Å². The van der Waals surface area contributed by atoms with Crippen LogP contribution in [0.3, 0.4) is 0 Å². The SMILES string of the molecule is COc1c(Cl)cc(Cl)cc1/C(O)=C1\C(=O)C(=O)N(c2ccccc2C)C1c1ccc(F)cc1. The quantitative estimate of drug-likeness (QED) is 0.276. The summed E-state index contributed by atoms with van der Waals surface area (Å²) in [5.41, 5.74) is 1.54. The highest BCUT2D eigenvalue weighted by Gasteiger charge is 2.47. The number of hydrogen-bond acceptors (Lipinski definition) is 4. The van der Waals surface area contributed by atoms with E-state index >= 15 is 0 Å². The molecule has 1 N–H and O–H groups in total.